The lowest BCUT2D eigenvalue weighted by atomic mass is 10.3. The average Bonchev–Trinajstić information content (AvgIpc) is 2.28. The Morgan fingerprint density at radius 3 is 2.65 bits per heavy atom. The topological polar surface area (TPSA) is 48.1 Å². The van der Waals surface area contributed by atoms with Crippen molar-refractivity contribution < 1.29 is 9.13 Å². The Hall–Kier alpha value is -1.14. The first-order valence-electron chi connectivity index (χ1n) is 4.60. The fourth-order valence-electron chi connectivity index (χ4n) is 1.21. The number of nitrogens with zero attached hydrogens (tertiary/aromatic N) is 1. The average molecular weight is 362 g/mol. The zero-order valence-electron chi connectivity index (χ0n) is 8.45. The van der Waals surface area contributed by atoms with Crippen LogP contribution in [0.1, 0.15) is 0 Å². The van der Waals surface area contributed by atoms with E-state index in [0.29, 0.717) is 26.1 Å². The first kappa shape index (κ1) is 12.3. The van der Waals surface area contributed by atoms with E-state index in [0.717, 1.165) is 0 Å². The van der Waals surface area contributed by atoms with Gasteiger partial charge in [0, 0.05) is 12.3 Å². The number of hydrogen-bond acceptors (Lipinski definition) is 3. The second kappa shape index (κ2) is 5.01. The molecule has 0 bridgehead atoms. The summed E-state index contributed by atoms with van der Waals surface area (Å²) in [5, 5.41) is 0. The second-order valence-electron chi connectivity index (χ2n) is 3.22. The third kappa shape index (κ3) is 2.76. The molecular formula is C11H7Br2FN2O. The maximum atomic E-state index is 13.1. The highest BCUT2D eigenvalue weighted by Gasteiger charge is 2.10. The number of halogens is 3. The van der Waals surface area contributed by atoms with E-state index in [-0.39, 0.29) is 5.82 Å². The monoisotopic (exact) mass is 360 g/mol. The van der Waals surface area contributed by atoms with E-state index in [1.54, 1.807) is 12.3 Å². The summed E-state index contributed by atoms with van der Waals surface area (Å²) in [7, 11) is 0. The predicted octanol–water partition coefficient (Wildman–Crippen LogP) is 4.12. The first-order chi connectivity index (χ1) is 8.08. The lowest BCUT2D eigenvalue weighted by Crippen LogP contribution is -1.95. The van der Waals surface area contributed by atoms with Crippen LogP contribution in [0, 0.1) is 5.82 Å². The van der Waals surface area contributed by atoms with Gasteiger partial charge in [0.1, 0.15) is 11.6 Å². The highest BCUT2D eigenvalue weighted by atomic mass is 79.9. The Morgan fingerprint density at radius 1 is 1.18 bits per heavy atom. The van der Waals surface area contributed by atoms with E-state index < -0.39 is 0 Å². The van der Waals surface area contributed by atoms with Crippen LogP contribution in [-0.2, 0) is 0 Å². The lowest BCUT2D eigenvalue weighted by molar-refractivity contribution is 0.472. The molecule has 2 aromatic rings. The molecule has 0 saturated heterocycles. The number of nitrogen functional groups attached to an aromatic ring is 1. The fourth-order valence-corrected chi connectivity index (χ4v) is 1.97. The Labute approximate surface area is 114 Å². The highest BCUT2D eigenvalue weighted by Crippen LogP contribution is 2.37. The maximum absolute atomic E-state index is 13.1. The first-order valence-corrected chi connectivity index (χ1v) is 6.18. The standard InChI is InChI=1S/C11H7Br2FN2O/c12-7-2-1-6(14)3-10(7)17-11-8(13)4-16-5-9(11)15/h1-5H,15H2. The van der Waals surface area contributed by atoms with Crippen molar-refractivity contribution in [2.75, 3.05) is 5.73 Å². The molecule has 88 valence electrons. The molecule has 6 heteroatoms. The van der Waals surface area contributed by atoms with Crippen molar-refractivity contribution in [2.24, 2.45) is 0 Å². The van der Waals surface area contributed by atoms with Crippen molar-refractivity contribution in [3.05, 3.63) is 45.4 Å². The van der Waals surface area contributed by atoms with E-state index in [1.165, 1.54) is 18.3 Å². The van der Waals surface area contributed by atoms with Gasteiger partial charge in [-0.15, -0.1) is 0 Å². The molecule has 0 fully saturated rings. The van der Waals surface area contributed by atoms with Crippen LogP contribution in [0.5, 0.6) is 11.5 Å². The molecule has 1 aromatic carbocycles. The Morgan fingerprint density at radius 2 is 1.94 bits per heavy atom. The normalized spacial score (nSPS) is 10.3. The molecule has 3 nitrogen and oxygen atoms in total. The molecule has 0 aliphatic rings. The third-order valence-corrected chi connectivity index (χ3v) is 3.21. The van der Waals surface area contributed by atoms with Crippen LogP contribution in [0.2, 0.25) is 0 Å². The van der Waals surface area contributed by atoms with Crippen molar-refractivity contribution in [3.8, 4) is 11.5 Å². The molecule has 0 aliphatic carbocycles. The number of hydrogen-bond donors (Lipinski definition) is 1. The quantitative estimate of drug-likeness (QED) is 0.875. The van der Waals surface area contributed by atoms with Gasteiger partial charge in [0.15, 0.2) is 5.75 Å². The van der Waals surface area contributed by atoms with Crippen LogP contribution in [0.4, 0.5) is 10.1 Å². The summed E-state index contributed by atoms with van der Waals surface area (Å²) in [6.07, 6.45) is 3.02. The van der Waals surface area contributed by atoms with E-state index in [2.05, 4.69) is 36.8 Å². The molecule has 0 atom stereocenters. The largest absolute Gasteiger partial charge is 0.453 e. The van der Waals surface area contributed by atoms with Gasteiger partial charge in [0.05, 0.1) is 20.8 Å². The Kier molecular flexibility index (Phi) is 3.63. The van der Waals surface area contributed by atoms with Gasteiger partial charge in [-0.25, -0.2) is 4.39 Å². The molecule has 0 spiro atoms. The number of aromatic nitrogens is 1. The summed E-state index contributed by atoms with van der Waals surface area (Å²) in [6.45, 7) is 0. The maximum Gasteiger partial charge on any atom is 0.167 e. The van der Waals surface area contributed by atoms with Crippen molar-refractivity contribution in [2.45, 2.75) is 0 Å². The van der Waals surface area contributed by atoms with Crippen LogP contribution < -0.4 is 10.5 Å². The molecule has 2 N–H and O–H groups in total. The molecule has 0 aliphatic heterocycles. The summed E-state index contributed by atoms with van der Waals surface area (Å²) in [5.41, 5.74) is 6.10. The molecule has 0 amide bonds. The molecule has 17 heavy (non-hydrogen) atoms. The van der Waals surface area contributed by atoms with E-state index in [9.17, 15) is 4.39 Å². The number of nitrogens with two attached hydrogens (primary N) is 1. The molecule has 2 rings (SSSR count). The van der Waals surface area contributed by atoms with Gasteiger partial charge in [0.25, 0.3) is 0 Å². The van der Waals surface area contributed by atoms with Crippen LogP contribution >= 0.6 is 31.9 Å². The summed E-state index contributed by atoms with van der Waals surface area (Å²) in [4.78, 5) is 3.89. The summed E-state index contributed by atoms with van der Waals surface area (Å²) in [5.74, 6) is 0.377. The van der Waals surface area contributed by atoms with Crippen LogP contribution in [0.25, 0.3) is 0 Å². The minimum atomic E-state index is -0.382. The predicted molar refractivity (Wildman–Crippen MR) is 70.5 cm³/mol. The Balaban J connectivity index is 2.41. The van der Waals surface area contributed by atoms with Gasteiger partial charge in [-0.3, -0.25) is 4.98 Å². The van der Waals surface area contributed by atoms with Gasteiger partial charge in [-0.05, 0) is 44.0 Å². The van der Waals surface area contributed by atoms with Gasteiger partial charge >= 0.3 is 0 Å². The van der Waals surface area contributed by atoms with Crippen molar-refractivity contribution in [3.63, 3.8) is 0 Å². The van der Waals surface area contributed by atoms with Crippen molar-refractivity contribution in [1.82, 2.24) is 4.98 Å². The van der Waals surface area contributed by atoms with Crippen LogP contribution in [0.3, 0.4) is 0 Å². The van der Waals surface area contributed by atoms with E-state index in [4.69, 9.17) is 10.5 Å². The number of benzene rings is 1. The van der Waals surface area contributed by atoms with Crippen molar-refractivity contribution in [1.29, 1.82) is 0 Å². The number of pyridine rings is 1. The molecule has 0 radical (unpaired) electrons. The Bertz CT molecular complexity index is 543. The summed E-state index contributed by atoms with van der Waals surface area (Å²) < 4.78 is 19.9. The number of ether oxygens (including phenoxy) is 1. The van der Waals surface area contributed by atoms with Gasteiger partial charge in [-0.2, -0.15) is 0 Å². The molecular weight excluding hydrogens is 355 g/mol. The zero-order chi connectivity index (χ0) is 12.4. The van der Waals surface area contributed by atoms with Crippen molar-refractivity contribution >= 4 is 37.5 Å². The number of anilines is 1. The molecule has 0 unspecified atom stereocenters. The third-order valence-electron chi connectivity index (χ3n) is 1.99. The van der Waals surface area contributed by atoms with E-state index >= 15 is 0 Å². The van der Waals surface area contributed by atoms with Gasteiger partial charge in [0.2, 0.25) is 0 Å². The minimum Gasteiger partial charge on any atom is -0.453 e. The molecule has 1 aromatic heterocycles. The minimum absolute atomic E-state index is 0.351. The smallest absolute Gasteiger partial charge is 0.167 e. The van der Waals surface area contributed by atoms with E-state index in [1.807, 2.05) is 0 Å². The fraction of sp³-hybridized carbons (Fsp3) is 0. The van der Waals surface area contributed by atoms with Crippen LogP contribution in [-0.4, -0.2) is 4.98 Å². The van der Waals surface area contributed by atoms with Gasteiger partial charge < -0.3 is 10.5 Å². The van der Waals surface area contributed by atoms with Crippen LogP contribution in [0.15, 0.2) is 39.5 Å². The highest BCUT2D eigenvalue weighted by molar-refractivity contribution is 9.11. The SMILES string of the molecule is Nc1cncc(Br)c1Oc1cc(F)ccc1Br. The summed E-state index contributed by atoms with van der Waals surface area (Å²) >= 11 is 6.54. The molecule has 1 heterocycles. The number of rotatable bonds is 2. The van der Waals surface area contributed by atoms with Gasteiger partial charge in [-0.1, -0.05) is 0 Å². The summed E-state index contributed by atoms with van der Waals surface area (Å²) in [6, 6.07) is 4.17. The molecule has 0 saturated carbocycles. The second-order valence-corrected chi connectivity index (χ2v) is 4.93. The zero-order valence-corrected chi connectivity index (χ0v) is 11.6. The lowest BCUT2D eigenvalue weighted by Gasteiger charge is -2.11.